The third kappa shape index (κ3) is 1.35. The zero-order chi connectivity index (χ0) is 11.3. The molecule has 2 aliphatic rings. The van der Waals surface area contributed by atoms with E-state index in [2.05, 4.69) is 0 Å². The van der Waals surface area contributed by atoms with Gasteiger partial charge in [-0.25, -0.2) is 0 Å². The summed E-state index contributed by atoms with van der Waals surface area (Å²) in [5.74, 6) is 1.10. The molecule has 1 aromatic rings. The fourth-order valence-corrected chi connectivity index (χ4v) is 2.40. The quantitative estimate of drug-likeness (QED) is 0.706. The lowest BCUT2D eigenvalue weighted by Crippen LogP contribution is -2.27. The second-order valence-corrected chi connectivity index (χ2v) is 4.66. The molecule has 2 fully saturated rings. The molecule has 0 N–H and O–H groups in total. The van der Waals surface area contributed by atoms with Crippen LogP contribution < -0.4 is 4.90 Å². The van der Waals surface area contributed by atoms with Crippen LogP contribution in [0.15, 0.2) is 24.3 Å². The van der Waals surface area contributed by atoms with Gasteiger partial charge in [0, 0.05) is 23.7 Å². The number of hydrogen-bond donors (Lipinski definition) is 0. The maximum Gasteiger partial charge on any atom is 0.230 e. The fourth-order valence-electron chi connectivity index (χ4n) is 2.40. The van der Waals surface area contributed by atoms with Gasteiger partial charge >= 0.3 is 0 Å². The molecule has 82 valence electrons. The number of carbonyl (C=O) groups is 2. The van der Waals surface area contributed by atoms with Gasteiger partial charge in [-0.05, 0) is 31.4 Å². The third-order valence-electron chi connectivity index (χ3n) is 3.49. The summed E-state index contributed by atoms with van der Waals surface area (Å²) < 4.78 is 0. The van der Waals surface area contributed by atoms with Gasteiger partial charge in [0.15, 0.2) is 5.78 Å². The summed E-state index contributed by atoms with van der Waals surface area (Å²) in [5.41, 5.74) is 1.54. The Morgan fingerprint density at radius 1 is 1.44 bits per heavy atom. The Morgan fingerprint density at radius 3 is 2.88 bits per heavy atom. The van der Waals surface area contributed by atoms with E-state index < -0.39 is 0 Å². The number of amides is 1. The minimum atomic E-state index is 0.0404. The van der Waals surface area contributed by atoms with E-state index >= 15 is 0 Å². The first-order chi connectivity index (χ1) is 7.66. The summed E-state index contributed by atoms with van der Waals surface area (Å²) in [5, 5.41) is 0. The number of benzene rings is 1. The molecule has 0 aromatic heterocycles. The lowest BCUT2D eigenvalue weighted by Gasteiger charge is -2.18. The highest BCUT2D eigenvalue weighted by atomic mass is 16.2. The van der Waals surface area contributed by atoms with E-state index in [1.54, 1.807) is 13.0 Å². The van der Waals surface area contributed by atoms with Gasteiger partial charge in [0.05, 0.1) is 0 Å². The van der Waals surface area contributed by atoms with Crippen LogP contribution in [0, 0.1) is 11.8 Å². The number of fused-ring (bicyclic) bond motifs is 1. The zero-order valence-corrected chi connectivity index (χ0v) is 9.14. The van der Waals surface area contributed by atoms with Crippen molar-refractivity contribution in [1.82, 2.24) is 0 Å². The number of hydrogen-bond acceptors (Lipinski definition) is 2. The summed E-state index contributed by atoms with van der Waals surface area (Å²) in [6.45, 7) is 2.37. The molecule has 3 heteroatoms. The van der Waals surface area contributed by atoms with Crippen molar-refractivity contribution in [3.05, 3.63) is 29.8 Å². The monoisotopic (exact) mass is 215 g/mol. The highest BCUT2D eigenvalue weighted by Crippen LogP contribution is 2.47. The molecule has 0 radical (unpaired) electrons. The third-order valence-corrected chi connectivity index (χ3v) is 3.49. The van der Waals surface area contributed by atoms with Gasteiger partial charge in [0.2, 0.25) is 5.91 Å². The highest BCUT2D eigenvalue weighted by molar-refractivity contribution is 6.01. The normalized spacial score (nSPS) is 26.8. The number of carbonyl (C=O) groups excluding carboxylic acids is 2. The molecule has 1 aromatic carbocycles. The molecule has 1 saturated heterocycles. The number of rotatable bonds is 2. The molecule has 2 atom stereocenters. The van der Waals surface area contributed by atoms with E-state index in [1.165, 1.54) is 0 Å². The van der Waals surface area contributed by atoms with Crippen molar-refractivity contribution in [2.24, 2.45) is 11.8 Å². The van der Waals surface area contributed by atoms with E-state index in [1.807, 2.05) is 23.1 Å². The fraction of sp³-hybridized carbons (Fsp3) is 0.385. The Morgan fingerprint density at radius 2 is 2.25 bits per heavy atom. The van der Waals surface area contributed by atoms with Crippen LogP contribution in [0.2, 0.25) is 0 Å². The van der Waals surface area contributed by atoms with Crippen LogP contribution in [0.1, 0.15) is 23.7 Å². The Balaban J connectivity index is 1.92. The first kappa shape index (κ1) is 9.58. The number of anilines is 1. The Hall–Kier alpha value is -1.64. The van der Waals surface area contributed by atoms with Gasteiger partial charge in [-0.3, -0.25) is 9.59 Å². The van der Waals surface area contributed by atoms with Crippen LogP contribution in [0.5, 0.6) is 0 Å². The Kier molecular flexibility index (Phi) is 1.90. The van der Waals surface area contributed by atoms with Gasteiger partial charge in [-0.1, -0.05) is 12.1 Å². The molecule has 16 heavy (non-hydrogen) atoms. The van der Waals surface area contributed by atoms with Crippen LogP contribution in [0.4, 0.5) is 5.69 Å². The summed E-state index contributed by atoms with van der Waals surface area (Å²) in [7, 11) is 0. The van der Waals surface area contributed by atoms with Crippen molar-refractivity contribution in [2.45, 2.75) is 13.3 Å². The molecule has 1 amide bonds. The summed E-state index contributed by atoms with van der Waals surface area (Å²) in [4.78, 5) is 24.9. The maximum atomic E-state index is 11.9. The molecule has 1 aliphatic carbocycles. The van der Waals surface area contributed by atoms with E-state index in [9.17, 15) is 9.59 Å². The summed E-state index contributed by atoms with van der Waals surface area (Å²) in [6.07, 6.45) is 1.06. The molecule has 1 aliphatic heterocycles. The minimum absolute atomic E-state index is 0.0404. The second-order valence-electron chi connectivity index (χ2n) is 4.66. The zero-order valence-electron chi connectivity index (χ0n) is 9.14. The van der Waals surface area contributed by atoms with Crippen LogP contribution in [0.25, 0.3) is 0 Å². The SMILES string of the molecule is CC(=O)c1cccc(N2CC3CC3C2=O)c1. The molecule has 2 unspecified atom stereocenters. The standard InChI is InChI=1S/C13H13NO2/c1-8(15)9-3-2-4-11(5-9)14-7-10-6-12(10)13(14)16/h2-5,10,12H,6-7H2,1H3. The van der Waals surface area contributed by atoms with Gasteiger partial charge in [-0.2, -0.15) is 0 Å². The molecular weight excluding hydrogens is 202 g/mol. The van der Waals surface area contributed by atoms with Crippen molar-refractivity contribution in [3.8, 4) is 0 Å². The largest absolute Gasteiger partial charge is 0.312 e. The number of nitrogens with zero attached hydrogens (tertiary/aromatic N) is 1. The number of Topliss-reactive ketones (excluding diaryl/α,β-unsaturated/α-hetero) is 1. The summed E-state index contributed by atoms with van der Waals surface area (Å²) in [6, 6.07) is 7.33. The molecule has 1 saturated carbocycles. The van der Waals surface area contributed by atoms with Gasteiger partial charge in [0.25, 0.3) is 0 Å². The van der Waals surface area contributed by atoms with Gasteiger partial charge in [-0.15, -0.1) is 0 Å². The number of ketones is 1. The average Bonchev–Trinajstić information content (AvgIpc) is 2.98. The van der Waals surface area contributed by atoms with Crippen LogP contribution >= 0.6 is 0 Å². The van der Waals surface area contributed by atoms with Crippen molar-refractivity contribution >= 4 is 17.4 Å². The lowest BCUT2D eigenvalue weighted by atomic mass is 10.1. The molecule has 0 bridgehead atoms. The van der Waals surface area contributed by atoms with Gasteiger partial charge < -0.3 is 4.90 Å². The van der Waals surface area contributed by atoms with Gasteiger partial charge in [0.1, 0.15) is 0 Å². The van der Waals surface area contributed by atoms with Crippen molar-refractivity contribution in [1.29, 1.82) is 0 Å². The second kappa shape index (κ2) is 3.17. The average molecular weight is 215 g/mol. The van der Waals surface area contributed by atoms with Crippen LogP contribution in [-0.4, -0.2) is 18.2 Å². The first-order valence-electron chi connectivity index (χ1n) is 5.59. The smallest absolute Gasteiger partial charge is 0.230 e. The maximum absolute atomic E-state index is 11.9. The Bertz CT molecular complexity index is 481. The van der Waals surface area contributed by atoms with E-state index in [0.29, 0.717) is 11.5 Å². The molecule has 0 spiro atoms. The van der Waals surface area contributed by atoms with Crippen molar-refractivity contribution in [3.63, 3.8) is 0 Å². The van der Waals surface area contributed by atoms with Crippen molar-refractivity contribution < 1.29 is 9.59 Å². The highest BCUT2D eigenvalue weighted by Gasteiger charge is 2.52. The van der Waals surface area contributed by atoms with Crippen LogP contribution in [-0.2, 0) is 4.79 Å². The first-order valence-corrected chi connectivity index (χ1v) is 5.59. The van der Waals surface area contributed by atoms with Crippen LogP contribution in [0.3, 0.4) is 0 Å². The number of piperidine rings is 1. The van der Waals surface area contributed by atoms with E-state index in [4.69, 9.17) is 0 Å². The Labute approximate surface area is 94.1 Å². The van der Waals surface area contributed by atoms with E-state index in [-0.39, 0.29) is 17.6 Å². The van der Waals surface area contributed by atoms with Crippen molar-refractivity contribution in [2.75, 3.05) is 11.4 Å². The predicted octanol–water partition coefficient (Wildman–Crippen LogP) is 1.87. The molecule has 3 nitrogen and oxygen atoms in total. The minimum Gasteiger partial charge on any atom is -0.312 e. The predicted molar refractivity (Wildman–Crippen MR) is 60.4 cm³/mol. The lowest BCUT2D eigenvalue weighted by molar-refractivity contribution is -0.118. The molecule has 1 heterocycles. The molecular formula is C13H13NO2. The summed E-state index contributed by atoms with van der Waals surface area (Å²) >= 11 is 0. The topological polar surface area (TPSA) is 37.4 Å². The van der Waals surface area contributed by atoms with E-state index in [0.717, 1.165) is 18.7 Å². The molecule has 3 rings (SSSR count).